The molecule has 0 spiro atoms. The van der Waals surface area contributed by atoms with Crippen LogP contribution in [0, 0.1) is 0 Å². The molecule has 0 fully saturated rings. The van der Waals surface area contributed by atoms with Crippen LogP contribution < -0.4 is 26.8 Å². The molecule has 0 saturated carbocycles. The fraction of sp³-hybridized carbons (Fsp3) is 0.222. The van der Waals surface area contributed by atoms with Crippen molar-refractivity contribution in [3.8, 4) is 11.5 Å². The van der Waals surface area contributed by atoms with Crippen molar-refractivity contribution in [3.05, 3.63) is 36.4 Å². The minimum Gasteiger partial charge on any atom is -0.453 e. The van der Waals surface area contributed by atoms with Crippen molar-refractivity contribution < 1.29 is 14.3 Å². The summed E-state index contributed by atoms with van der Waals surface area (Å²) in [5.41, 5.74) is 13.9. The molecule has 0 aliphatic carbocycles. The molecule has 0 heterocycles. The Bertz CT molecular complexity index is 724. The van der Waals surface area contributed by atoms with Gasteiger partial charge in [-0.1, -0.05) is 13.8 Å². The van der Waals surface area contributed by atoms with Crippen LogP contribution in [-0.2, 0) is 9.59 Å². The summed E-state index contributed by atoms with van der Waals surface area (Å²) < 4.78 is 5.74. The van der Waals surface area contributed by atoms with Crippen LogP contribution >= 0.6 is 0 Å². The smallest absolute Gasteiger partial charge is 0.224 e. The number of amides is 2. The summed E-state index contributed by atoms with van der Waals surface area (Å²) in [6.45, 7) is 3.54. The number of rotatable bonds is 6. The predicted molar refractivity (Wildman–Crippen MR) is 99.6 cm³/mol. The molecular weight excluding hydrogens is 320 g/mol. The fourth-order valence-electron chi connectivity index (χ4n) is 2.06. The summed E-state index contributed by atoms with van der Waals surface area (Å²) in [5, 5.41) is 5.45. The summed E-state index contributed by atoms with van der Waals surface area (Å²) in [7, 11) is 0. The minimum atomic E-state index is -0.0953. The predicted octanol–water partition coefficient (Wildman–Crippen LogP) is 3.34. The van der Waals surface area contributed by atoms with E-state index >= 15 is 0 Å². The number of ether oxygens (including phenoxy) is 1. The SMILES string of the molecule is CCC(=O)Nc1ccc(Oc2ccc(NC(=O)CC)cc2N)c(N)c1. The molecular formula is C18H22N4O3. The molecule has 132 valence electrons. The van der Waals surface area contributed by atoms with Crippen LogP contribution in [0.5, 0.6) is 11.5 Å². The van der Waals surface area contributed by atoms with E-state index in [1.54, 1.807) is 50.2 Å². The first-order valence-corrected chi connectivity index (χ1v) is 7.99. The van der Waals surface area contributed by atoms with Gasteiger partial charge in [-0.3, -0.25) is 9.59 Å². The zero-order valence-electron chi connectivity index (χ0n) is 14.3. The molecule has 0 atom stereocenters. The van der Waals surface area contributed by atoms with Gasteiger partial charge in [-0.2, -0.15) is 0 Å². The second kappa shape index (κ2) is 8.05. The summed E-state index contributed by atoms with van der Waals surface area (Å²) in [6.07, 6.45) is 0.769. The van der Waals surface area contributed by atoms with Crippen molar-refractivity contribution in [2.24, 2.45) is 0 Å². The quantitative estimate of drug-likeness (QED) is 0.600. The Labute approximate surface area is 146 Å². The molecule has 6 N–H and O–H groups in total. The molecule has 0 bridgehead atoms. The molecule has 2 amide bonds. The number of carbonyl (C=O) groups excluding carboxylic acids is 2. The number of nitrogens with one attached hydrogen (secondary N) is 2. The zero-order chi connectivity index (χ0) is 18.4. The monoisotopic (exact) mass is 342 g/mol. The van der Waals surface area contributed by atoms with E-state index < -0.39 is 0 Å². The number of hydrogen-bond donors (Lipinski definition) is 4. The van der Waals surface area contributed by atoms with E-state index in [9.17, 15) is 9.59 Å². The topological polar surface area (TPSA) is 119 Å². The molecule has 7 heteroatoms. The number of hydrogen-bond acceptors (Lipinski definition) is 5. The van der Waals surface area contributed by atoms with Crippen LogP contribution in [0.4, 0.5) is 22.7 Å². The summed E-state index contributed by atoms with van der Waals surface area (Å²) in [4.78, 5) is 22.8. The van der Waals surface area contributed by atoms with Crippen molar-refractivity contribution in [1.82, 2.24) is 0 Å². The van der Waals surface area contributed by atoms with Gasteiger partial charge in [0.05, 0.1) is 11.4 Å². The number of nitrogen functional groups attached to an aromatic ring is 2. The highest BCUT2D eigenvalue weighted by Gasteiger charge is 2.09. The van der Waals surface area contributed by atoms with Crippen molar-refractivity contribution in [3.63, 3.8) is 0 Å². The summed E-state index contributed by atoms with van der Waals surface area (Å²) in [5.74, 6) is 0.655. The molecule has 25 heavy (non-hydrogen) atoms. The average molecular weight is 342 g/mol. The van der Waals surface area contributed by atoms with Crippen LogP contribution in [0.15, 0.2) is 36.4 Å². The highest BCUT2D eigenvalue weighted by atomic mass is 16.5. The van der Waals surface area contributed by atoms with E-state index in [0.29, 0.717) is 47.1 Å². The highest BCUT2D eigenvalue weighted by Crippen LogP contribution is 2.34. The van der Waals surface area contributed by atoms with E-state index in [0.717, 1.165) is 0 Å². The minimum absolute atomic E-state index is 0.0953. The van der Waals surface area contributed by atoms with Crippen molar-refractivity contribution in [2.75, 3.05) is 22.1 Å². The van der Waals surface area contributed by atoms with Crippen LogP contribution in [0.1, 0.15) is 26.7 Å². The average Bonchev–Trinajstić information content (AvgIpc) is 2.59. The second-order valence-electron chi connectivity index (χ2n) is 5.41. The molecule has 0 saturated heterocycles. The van der Waals surface area contributed by atoms with E-state index in [2.05, 4.69) is 10.6 Å². The van der Waals surface area contributed by atoms with Gasteiger partial charge in [0.2, 0.25) is 11.8 Å². The third kappa shape index (κ3) is 4.87. The summed E-state index contributed by atoms with van der Waals surface area (Å²) >= 11 is 0. The van der Waals surface area contributed by atoms with Crippen LogP contribution in [0.2, 0.25) is 0 Å². The lowest BCUT2D eigenvalue weighted by molar-refractivity contribution is -0.116. The number of anilines is 4. The number of carbonyl (C=O) groups is 2. The van der Waals surface area contributed by atoms with Crippen LogP contribution in [0.25, 0.3) is 0 Å². The Morgan fingerprint density at radius 3 is 1.56 bits per heavy atom. The molecule has 7 nitrogen and oxygen atoms in total. The summed E-state index contributed by atoms with van der Waals surface area (Å²) in [6, 6.07) is 9.96. The van der Waals surface area contributed by atoms with Gasteiger partial charge < -0.3 is 26.8 Å². The highest BCUT2D eigenvalue weighted by molar-refractivity contribution is 5.92. The maximum atomic E-state index is 11.4. The van der Waals surface area contributed by atoms with Gasteiger partial charge in [-0.15, -0.1) is 0 Å². The van der Waals surface area contributed by atoms with E-state index in [4.69, 9.17) is 16.2 Å². The molecule has 0 unspecified atom stereocenters. The van der Waals surface area contributed by atoms with Gasteiger partial charge in [-0.25, -0.2) is 0 Å². The van der Waals surface area contributed by atoms with Gasteiger partial charge in [0, 0.05) is 24.2 Å². The van der Waals surface area contributed by atoms with Gasteiger partial charge in [-0.05, 0) is 36.4 Å². The van der Waals surface area contributed by atoms with E-state index in [1.807, 2.05) is 0 Å². The van der Waals surface area contributed by atoms with Crippen LogP contribution in [-0.4, -0.2) is 11.8 Å². The molecule has 2 rings (SSSR count). The van der Waals surface area contributed by atoms with Gasteiger partial charge in [0.1, 0.15) is 0 Å². The van der Waals surface area contributed by atoms with Crippen molar-refractivity contribution >= 4 is 34.6 Å². The lowest BCUT2D eigenvalue weighted by atomic mass is 10.2. The lowest BCUT2D eigenvalue weighted by Crippen LogP contribution is -2.10. The first-order valence-electron chi connectivity index (χ1n) is 7.99. The number of nitrogens with two attached hydrogens (primary N) is 2. The molecule has 0 aliphatic rings. The normalized spacial score (nSPS) is 10.2. The Kier molecular flexibility index (Phi) is 5.84. The molecule has 0 radical (unpaired) electrons. The molecule has 0 aliphatic heterocycles. The third-order valence-corrected chi connectivity index (χ3v) is 3.45. The van der Waals surface area contributed by atoms with E-state index in [1.165, 1.54) is 0 Å². The Balaban J connectivity index is 2.14. The third-order valence-electron chi connectivity index (χ3n) is 3.45. The molecule has 2 aromatic carbocycles. The zero-order valence-corrected chi connectivity index (χ0v) is 14.3. The first-order chi connectivity index (χ1) is 11.9. The Morgan fingerprint density at radius 2 is 1.24 bits per heavy atom. The van der Waals surface area contributed by atoms with Gasteiger partial charge in [0.25, 0.3) is 0 Å². The Hall–Kier alpha value is -3.22. The molecule has 0 aromatic heterocycles. The van der Waals surface area contributed by atoms with Gasteiger partial charge >= 0.3 is 0 Å². The van der Waals surface area contributed by atoms with Crippen LogP contribution in [0.3, 0.4) is 0 Å². The second-order valence-corrected chi connectivity index (χ2v) is 5.41. The lowest BCUT2D eigenvalue weighted by Gasteiger charge is -2.13. The first kappa shape index (κ1) is 18.1. The maximum absolute atomic E-state index is 11.4. The van der Waals surface area contributed by atoms with Crippen molar-refractivity contribution in [2.45, 2.75) is 26.7 Å². The largest absolute Gasteiger partial charge is 0.453 e. The standard InChI is InChI=1S/C18H22N4O3/c1-3-17(23)21-11-5-7-15(13(19)9-11)25-16-8-6-12(10-14(16)20)22-18(24)4-2/h5-10H,3-4,19-20H2,1-2H3,(H,21,23)(H,22,24). The van der Waals surface area contributed by atoms with Crippen molar-refractivity contribution in [1.29, 1.82) is 0 Å². The number of benzene rings is 2. The van der Waals surface area contributed by atoms with Gasteiger partial charge in [0.15, 0.2) is 11.5 Å². The fourth-order valence-corrected chi connectivity index (χ4v) is 2.06. The molecule has 2 aromatic rings. The maximum Gasteiger partial charge on any atom is 0.224 e. The Morgan fingerprint density at radius 1 is 0.840 bits per heavy atom. The van der Waals surface area contributed by atoms with E-state index in [-0.39, 0.29) is 11.8 Å².